The van der Waals surface area contributed by atoms with Crippen LogP contribution in [0.15, 0.2) is 72.8 Å². The van der Waals surface area contributed by atoms with Crippen molar-refractivity contribution in [1.82, 2.24) is 9.55 Å². The van der Waals surface area contributed by atoms with Crippen LogP contribution in [0.2, 0.25) is 0 Å². The minimum atomic E-state index is 0.426. The van der Waals surface area contributed by atoms with E-state index >= 15 is 0 Å². The largest absolute Gasteiger partial charge is 0.497 e. The first kappa shape index (κ1) is 17.2. The second-order valence-electron chi connectivity index (χ2n) is 6.51. The van der Waals surface area contributed by atoms with E-state index in [0.717, 1.165) is 40.5 Å². The summed E-state index contributed by atoms with van der Waals surface area (Å²) in [7, 11) is 1.68. The van der Waals surface area contributed by atoms with Gasteiger partial charge in [-0.25, -0.2) is 4.98 Å². The first-order valence-corrected chi connectivity index (χ1v) is 9.00. The summed E-state index contributed by atoms with van der Waals surface area (Å²) in [5.41, 5.74) is 4.40. The third-order valence-electron chi connectivity index (χ3n) is 4.68. The highest BCUT2D eigenvalue weighted by Gasteiger charge is 2.12. The topological polar surface area (TPSA) is 36.3 Å². The summed E-state index contributed by atoms with van der Waals surface area (Å²) < 4.78 is 13.5. The molecule has 1 aromatic heterocycles. The Morgan fingerprint density at radius 1 is 0.889 bits per heavy atom. The molecule has 1 heterocycles. The molecule has 0 aliphatic rings. The fraction of sp³-hybridized carbons (Fsp3) is 0.174. The van der Waals surface area contributed by atoms with Gasteiger partial charge in [0.25, 0.3) is 0 Å². The zero-order chi connectivity index (χ0) is 18.6. The van der Waals surface area contributed by atoms with E-state index in [9.17, 15) is 0 Å². The van der Waals surface area contributed by atoms with Crippen molar-refractivity contribution in [2.75, 3.05) is 7.11 Å². The van der Waals surface area contributed by atoms with E-state index in [0.29, 0.717) is 6.61 Å². The first-order chi connectivity index (χ1) is 13.2. The molecule has 0 spiro atoms. The van der Waals surface area contributed by atoms with Crippen molar-refractivity contribution < 1.29 is 9.47 Å². The predicted octanol–water partition coefficient (Wildman–Crippen LogP) is 4.98. The van der Waals surface area contributed by atoms with E-state index in [-0.39, 0.29) is 0 Å². The lowest BCUT2D eigenvalue weighted by Crippen LogP contribution is -2.08. The summed E-state index contributed by atoms with van der Waals surface area (Å²) in [6.07, 6.45) is 0. The van der Waals surface area contributed by atoms with Gasteiger partial charge in [0, 0.05) is 6.54 Å². The van der Waals surface area contributed by atoms with Gasteiger partial charge in [-0.3, -0.25) is 0 Å². The molecule has 0 aliphatic heterocycles. The predicted molar refractivity (Wildman–Crippen MR) is 107 cm³/mol. The standard InChI is InChI=1S/C23H22N2O2/c1-17-7-3-6-10-22(17)27-16-23-24-20-8-4-5-9-21(20)25(23)15-18-11-13-19(26-2)14-12-18/h3-14H,15-16H2,1-2H3. The van der Waals surface area contributed by atoms with Crippen LogP contribution >= 0.6 is 0 Å². The number of benzene rings is 3. The quantitative estimate of drug-likeness (QED) is 0.488. The van der Waals surface area contributed by atoms with Crippen molar-refractivity contribution in [2.45, 2.75) is 20.1 Å². The van der Waals surface area contributed by atoms with Crippen LogP contribution in [0.25, 0.3) is 11.0 Å². The molecular weight excluding hydrogens is 336 g/mol. The van der Waals surface area contributed by atoms with Gasteiger partial charge >= 0.3 is 0 Å². The van der Waals surface area contributed by atoms with Crippen LogP contribution in [0.5, 0.6) is 11.5 Å². The second kappa shape index (κ2) is 7.54. The van der Waals surface area contributed by atoms with Gasteiger partial charge in [-0.15, -0.1) is 0 Å². The molecule has 27 heavy (non-hydrogen) atoms. The summed E-state index contributed by atoms with van der Waals surface area (Å²) in [6.45, 7) is 3.21. The lowest BCUT2D eigenvalue weighted by Gasteiger charge is -2.12. The Hall–Kier alpha value is -3.27. The van der Waals surface area contributed by atoms with E-state index in [2.05, 4.69) is 35.8 Å². The van der Waals surface area contributed by atoms with Gasteiger partial charge < -0.3 is 14.0 Å². The molecule has 0 N–H and O–H groups in total. The Kier molecular flexibility index (Phi) is 4.79. The van der Waals surface area contributed by atoms with Gasteiger partial charge in [0.1, 0.15) is 23.9 Å². The van der Waals surface area contributed by atoms with Crippen LogP contribution in [-0.2, 0) is 13.2 Å². The molecule has 3 aromatic carbocycles. The smallest absolute Gasteiger partial charge is 0.148 e. The van der Waals surface area contributed by atoms with Gasteiger partial charge in [0.05, 0.1) is 18.1 Å². The van der Waals surface area contributed by atoms with E-state index in [1.807, 2.05) is 48.5 Å². The highest BCUT2D eigenvalue weighted by atomic mass is 16.5. The molecule has 0 unspecified atom stereocenters. The van der Waals surface area contributed by atoms with Gasteiger partial charge in [-0.2, -0.15) is 0 Å². The number of aryl methyl sites for hydroxylation is 1. The van der Waals surface area contributed by atoms with Crippen molar-refractivity contribution in [3.63, 3.8) is 0 Å². The molecule has 0 fully saturated rings. The van der Waals surface area contributed by atoms with Crippen LogP contribution in [0.4, 0.5) is 0 Å². The third-order valence-corrected chi connectivity index (χ3v) is 4.68. The number of ether oxygens (including phenoxy) is 2. The SMILES string of the molecule is COc1ccc(Cn2c(COc3ccccc3C)nc3ccccc32)cc1. The summed E-state index contributed by atoms with van der Waals surface area (Å²) in [4.78, 5) is 4.80. The zero-order valence-electron chi connectivity index (χ0n) is 15.6. The van der Waals surface area contributed by atoms with Gasteiger partial charge in [-0.1, -0.05) is 42.5 Å². The summed E-state index contributed by atoms with van der Waals surface area (Å²) in [5.74, 6) is 2.66. The molecule has 0 saturated heterocycles. The van der Waals surface area contributed by atoms with Gasteiger partial charge in [-0.05, 0) is 48.4 Å². The Morgan fingerprint density at radius 2 is 1.63 bits per heavy atom. The van der Waals surface area contributed by atoms with E-state index < -0.39 is 0 Å². The van der Waals surface area contributed by atoms with Crippen LogP contribution in [0.3, 0.4) is 0 Å². The average molecular weight is 358 g/mol. The fourth-order valence-electron chi connectivity index (χ4n) is 3.19. The summed E-state index contributed by atoms with van der Waals surface area (Å²) in [5, 5.41) is 0. The number of para-hydroxylation sites is 3. The lowest BCUT2D eigenvalue weighted by molar-refractivity contribution is 0.289. The van der Waals surface area contributed by atoms with Crippen LogP contribution in [0.1, 0.15) is 17.0 Å². The van der Waals surface area contributed by atoms with Crippen LogP contribution in [-0.4, -0.2) is 16.7 Å². The normalized spacial score (nSPS) is 10.9. The molecule has 136 valence electrons. The Morgan fingerprint density at radius 3 is 2.41 bits per heavy atom. The molecule has 0 aliphatic carbocycles. The van der Waals surface area contributed by atoms with Crippen molar-refractivity contribution in [3.05, 3.63) is 89.7 Å². The molecule has 4 heteroatoms. The highest BCUT2D eigenvalue weighted by Crippen LogP contribution is 2.22. The fourth-order valence-corrected chi connectivity index (χ4v) is 3.19. The molecule has 4 nitrogen and oxygen atoms in total. The van der Waals surface area contributed by atoms with Crippen molar-refractivity contribution in [2.24, 2.45) is 0 Å². The maximum Gasteiger partial charge on any atom is 0.148 e. The van der Waals surface area contributed by atoms with E-state index in [1.165, 1.54) is 5.56 Å². The highest BCUT2D eigenvalue weighted by molar-refractivity contribution is 5.76. The average Bonchev–Trinajstić information content (AvgIpc) is 3.05. The Labute approximate surface area is 159 Å². The molecule has 0 radical (unpaired) electrons. The van der Waals surface area contributed by atoms with E-state index in [1.54, 1.807) is 7.11 Å². The van der Waals surface area contributed by atoms with E-state index in [4.69, 9.17) is 14.5 Å². The summed E-state index contributed by atoms with van der Waals surface area (Å²) >= 11 is 0. The molecule has 0 amide bonds. The van der Waals surface area contributed by atoms with Crippen LogP contribution in [0, 0.1) is 6.92 Å². The maximum atomic E-state index is 6.06. The lowest BCUT2D eigenvalue weighted by atomic mass is 10.2. The monoisotopic (exact) mass is 358 g/mol. The van der Waals surface area contributed by atoms with Gasteiger partial charge in [0.2, 0.25) is 0 Å². The maximum absolute atomic E-state index is 6.06. The van der Waals surface area contributed by atoms with Crippen molar-refractivity contribution in [3.8, 4) is 11.5 Å². The van der Waals surface area contributed by atoms with Crippen molar-refractivity contribution in [1.29, 1.82) is 0 Å². The molecule has 4 rings (SSSR count). The molecule has 4 aromatic rings. The number of aromatic nitrogens is 2. The molecule has 0 atom stereocenters. The number of imidazole rings is 1. The third kappa shape index (κ3) is 3.65. The summed E-state index contributed by atoms with van der Waals surface area (Å²) in [6, 6.07) is 24.4. The number of hydrogen-bond donors (Lipinski definition) is 0. The number of fused-ring (bicyclic) bond motifs is 1. The minimum Gasteiger partial charge on any atom is -0.497 e. The van der Waals surface area contributed by atoms with Gasteiger partial charge in [0.15, 0.2) is 0 Å². The number of nitrogens with zero attached hydrogens (tertiary/aromatic N) is 2. The number of methoxy groups -OCH3 is 1. The Bertz CT molecular complexity index is 1050. The van der Waals surface area contributed by atoms with Crippen LogP contribution < -0.4 is 9.47 Å². The Balaban J connectivity index is 1.65. The zero-order valence-corrected chi connectivity index (χ0v) is 15.6. The number of hydrogen-bond acceptors (Lipinski definition) is 3. The number of rotatable bonds is 6. The second-order valence-corrected chi connectivity index (χ2v) is 6.51. The van der Waals surface area contributed by atoms with Crippen molar-refractivity contribution >= 4 is 11.0 Å². The minimum absolute atomic E-state index is 0.426. The molecule has 0 bridgehead atoms. The molecular formula is C23H22N2O2. The molecule has 0 saturated carbocycles. The first-order valence-electron chi connectivity index (χ1n) is 9.00.